The Bertz CT molecular complexity index is 1220. The lowest BCUT2D eigenvalue weighted by Gasteiger charge is -2.21. The van der Waals surface area contributed by atoms with Gasteiger partial charge in [-0.25, -0.2) is 9.97 Å². The van der Waals surface area contributed by atoms with Crippen LogP contribution < -0.4 is 0 Å². The maximum absolute atomic E-state index is 13.1. The van der Waals surface area contributed by atoms with Crippen LogP contribution >= 0.6 is 0 Å². The zero-order chi connectivity index (χ0) is 21.2. The summed E-state index contributed by atoms with van der Waals surface area (Å²) >= 11 is 0. The quantitative estimate of drug-likeness (QED) is 0.514. The van der Waals surface area contributed by atoms with Gasteiger partial charge in [-0.05, 0) is 36.8 Å². The fourth-order valence-electron chi connectivity index (χ4n) is 3.86. The number of furan rings is 1. The van der Waals surface area contributed by atoms with Crippen molar-refractivity contribution in [2.75, 3.05) is 26.2 Å². The van der Waals surface area contributed by atoms with Crippen LogP contribution in [0.1, 0.15) is 27.3 Å². The first-order valence-electron chi connectivity index (χ1n) is 10.2. The Morgan fingerprint density at radius 2 is 1.65 bits per heavy atom. The highest BCUT2D eigenvalue weighted by Crippen LogP contribution is 2.19. The maximum atomic E-state index is 13.1. The Morgan fingerprint density at radius 3 is 2.39 bits per heavy atom. The first-order chi connectivity index (χ1) is 15.2. The monoisotopic (exact) mass is 415 g/mol. The molecule has 4 aromatic rings. The summed E-state index contributed by atoms with van der Waals surface area (Å²) in [5.74, 6) is 0.0771. The summed E-state index contributed by atoms with van der Waals surface area (Å²) in [4.78, 5) is 38.1. The van der Waals surface area contributed by atoms with Crippen molar-refractivity contribution in [1.82, 2.24) is 24.3 Å². The van der Waals surface area contributed by atoms with E-state index in [2.05, 4.69) is 9.97 Å². The van der Waals surface area contributed by atoms with E-state index in [0.29, 0.717) is 55.1 Å². The van der Waals surface area contributed by atoms with Gasteiger partial charge in [0.15, 0.2) is 11.4 Å². The number of carbonyl (C=O) groups is 2. The first-order valence-corrected chi connectivity index (χ1v) is 10.2. The Balaban J connectivity index is 1.32. The number of fused-ring (bicyclic) bond motifs is 1. The van der Waals surface area contributed by atoms with E-state index in [0.717, 1.165) is 5.69 Å². The van der Waals surface area contributed by atoms with Crippen LogP contribution in [0.3, 0.4) is 0 Å². The SMILES string of the molecule is O=C(c1cnc2c(c1)ncn2-c1ccccc1)N1CCCN(C(=O)c2ccco2)CC1. The van der Waals surface area contributed by atoms with E-state index in [4.69, 9.17) is 4.42 Å². The molecular weight excluding hydrogens is 394 g/mol. The third-order valence-electron chi connectivity index (χ3n) is 5.47. The molecule has 3 aromatic heterocycles. The average Bonchev–Trinajstić information content (AvgIpc) is 3.43. The van der Waals surface area contributed by atoms with Crippen molar-refractivity contribution in [3.05, 3.63) is 78.6 Å². The van der Waals surface area contributed by atoms with E-state index in [-0.39, 0.29) is 11.8 Å². The van der Waals surface area contributed by atoms with Crippen molar-refractivity contribution in [1.29, 1.82) is 0 Å². The van der Waals surface area contributed by atoms with Crippen LogP contribution in [-0.4, -0.2) is 62.3 Å². The number of aromatic nitrogens is 3. The number of nitrogens with zero attached hydrogens (tertiary/aromatic N) is 5. The molecule has 1 aliphatic heterocycles. The highest BCUT2D eigenvalue weighted by molar-refractivity contribution is 5.96. The van der Waals surface area contributed by atoms with Gasteiger partial charge in [-0.1, -0.05) is 18.2 Å². The summed E-state index contributed by atoms with van der Waals surface area (Å²) < 4.78 is 7.12. The Labute approximate surface area is 178 Å². The molecule has 1 fully saturated rings. The van der Waals surface area contributed by atoms with Crippen molar-refractivity contribution in [2.24, 2.45) is 0 Å². The van der Waals surface area contributed by atoms with Crippen molar-refractivity contribution in [2.45, 2.75) is 6.42 Å². The number of hydrogen-bond donors (Lipinski definition) is 0. The van der Waals surface area contributed by atoms with Gasteiger partial charge in [-0.15, -0.1) is 0 Å². The molecule has 156 valence electrons. The number of imidazole rings is 1. The van der Waals surface area contributed by atoms with Crippen LogP contribution in [0.2, 0.25) is 0 Å². The summed E-state index contributed by atoms with van der Waals surface area (Å²) in [5.41, 5.74) is 2.83. The molecule has 0 N–H and O–H groups in total. The van der Waals surface area contributed by atoms with Crippen molar-refractivity contribution in [3.63, 3.8) is 0 Å². The normalized spacial score (nSPS) is 14.6. The molecule has 8 heteroatoms. The molecule has 4 heterocycles. The summed E-state index contributed by atoms with van der Waals surface area (Å²) in [6, 6.07) is 15.0. The van der Waals surface area contributed by atoms with Gasteiger partial charge in [0.05, 0.1) is 11.8 Å². The summed E-state index contributed by atoms with van der Waals surface area (Å²) in [6.45, 7) is 2.09. The van der Waals surface area contributed by atoms with Crippen LogP contribution in [-0.2, 0) is 0 Å². The molecule has 31 heavy (non-hydrogen) atoms. The summed E-state index contributed by atoms with van der Waals surface area (Å²) in [7, 11) is 0. The number of carbonyl (C=O) groups excluding carboxylic acids is 2. The summed E-state index contributed by atoms with van der Waals surface area (Å²) in [6.07, 6.45) is 5.51. The van der Waals surface area contributed by atoms with Crippen molar-refractivity contribution >= 4 is 23.0 Å². The second-order valence-electron chi connectivity index (χ2n) is 7.43. The van der Waals surface area contributed by atoms with Gasteiger partial charge >= 0.3 is 0 Å². The molecule has 0 bridgehead atoms. The van der Waals surface area contributed by atoms with Crippen LogP contribution in [0, 0.1) is 0 Å². The van der Waals surface area contributed by atoms with Crippen molar-refractivity contribution < 1.29 is 14.0 Å². The van der Waals surface area contributed by atoms with E-state index in [1.165, 1.54) is 6.26 Å². The lowest BCUT2D eigenvalue weighted by Crippen LogP contribution is -2.37. The van der Waals surface area contributed by atoms with E-state index in [1.807, 2.05) is 34.9 Å². The Kier molecular flexibility index (Phi) is 4.95. The van der Waals surface area contributed by atoms with Crippen LogP contribution in [0.5, 0.6) is 0 Å². The van der Waals surface area contributed by atoms with Gasteiger partial charge < -0.3 is 14.2 Å². The maximum Gasteiger partial charge on any atom is 0.289 e. The molecule has 1 saturated heterocycles. The van der Waals surface area contributed by atoms with Crippen molar-refractivity contribution in [3.8, 4) is 5.69 Å². The fraction of sp³-hybridized carbons (Fsp3) is 0.217. The Morgan fingerprint density at radius 1 is 0.871 bits per heavy atom. The lowest BCUT2D eigenvalue weighted by molar-refractivity contribution is 0.0700. The van der Waals surface area contributed by atoms with Crippen LogP contribution in [0.15, 0.2) is 71.7 Å². The van der Waals surface area contributed by atoms with Crippen LogP contribution in [0.25, 0.3) is 16.9 Å². The fourth-order valence-corrected chi connectivity index (χ4v) is 3.86. The molecule has 2 amide bonds. The zero-order valence-corrected chi connectivity index (χ0v) is 16.8. The van der Waals surface area contributed by atoms with E-state index in [1.54, 1.807) is 40.5 Å². The smallest absolute Gasteiger partial charge is 0.289 e. The molecule has 0 radical (unpaired) electrons. The predicted molar refractivity (Wildman–Crippen MR) is 114 cm³/mol. The van der Waals surface area contributed by atoms with E-state index >= 15 is 0 Å². The molecule has 0 spiro atoms. The standard InChI is InChI=1S/C23H21N5O3/c29-22(26-9-5-10-27(12-11-26)23(30)20-8-4-13-31-20)17-14-19-21(24-15-17)28(16-25-19)18-6-2-1-3-7-18/h1-4,6-8,13-16H,5,9-12H2. The highest BCUT2D eigenvalue weighted by Gasteiger charge is 2.25. The third kappa shape index (κ3) is 3.68. The molecule has 0 aliphatic carbocycles. The minimum Gasteiger partial charge on any atom is -0.459 e. The van der Waals surface area contributed by atoms with Gasteiger partial charge in [0.25, 0.3) is 11.8 Å². The molecule has 0 unspecified atom stereocenters. The van der Waals surface area contributed by atoms with Gasteiger partial charge in [0.2, 0.25) is 0 Å². The number of benzene rings is 1. The second-order valence-corrected chi connectivity index (χ2v) is 7.43. The van der Waals surface area contributed by atoms with Gasteiger partial charge in [-0.2, -0.15) is 0 Å². The molecule has 1 aliphatic rings. The number of rotatable bonds is 3. The third-order valence-corrected chi connectivity index (χ3v) is 5.47. The number of hydrogen-bond acceptors (Lipinski definition) is 5. The molecule has 1 aromatic carbocycles. The largest absolute Gasteiger partial charge is 0.459 e. The molecule has 0 saturated carbocycles. The highest BCUT2D eigenvalue weighted by atomic mass is 16.3. The summed E-state index contributed by atoms with van der Waals surface area (Å²) in [5, 5.41) is 0. The number of amides is 2. The first kappa shape index (κ1) is 19.0. The lowest BCUT2D eigenvalue weighted by atomic mass is 10.2. The number of para-hydroxylation sites is 1. The number of pyridine rings is 1. The van der Waals surface area contributed by atoms with Gasteiger partial charge in [0, 0.05) is 38.1 Å². The van der Waals surface area contributed by atoms with Gasteiger partial charge in [-0.3, -0.25) is 14.2 Å². The molecule has 5 rings (SSSR count). The second kappa shape index (κ2) is 8.06. The molecule has 8 nitrogen and oxygen atoms in total. The van der Waals surface area contributed by atoms with E-state index < -0.39 is 0 Å². The topological polar surface area (TPSA) is 84.5 Å². The van der Waals surface area contributed by atoms with Crippen LogP contribution in [0.4, 0.5) is 0 Å². The molecule has 0 atom stereocenters. The average molecular weight is 415 g/mol. The minimum absolute atomic E-state index is 0.101. The Hall–Kier alpha value is -3.94. The minimum atomic E-state index is -0.145. The van der Waals surface area contributed by atoms with E-state index in [9.17, 15) is 9.59 Å². The van der Waals surface area contributed by atoms with Gasteiger partial charge in [0.1, 0.15) is 11.8 Å². The predicted octanol–water partition coefficient (Wildman–Crippen LogP) is 3.00. The molecular formula is C23H21N5O3. The zero-order valence-electron chi connectivity index (χ0n) is 16.8.